The summed E-state index contributed by atoms with van der Waals surface area (Å²) in [4.78, 5) is 11.5. The highest BCUT2D eigenvalue weighted by molar-refractivity contribution is 5.77. The fourth-order valence-corrected chi connectivity index (χ4v) is 1.80. The zero-order chi connectivity index (χ0) is 11.8. The number of amides is 1. The maximum atomic E-state index is 11.5. The molecule has 1 saturated heterocycles. The van der Waals surface area contributed by atoms with Gasteiger partial charge < -0.3 is 20.1 Å². The molecule has 2 atom stereocenters. The third kappa shape index (κ3) is 4.92. The number of methoxy groups -OCH3 is 1. The molecule has 0 aromatic heterocycles. The van der Waals surface area contributed by atoms with Crippen molar-refractivity contribution in [3.8, 4) is 0 Å². The van der Waals surface area contributed by atoms with E-state index >= 15 is 0 Å². The highest BCUT2D eigenvalue weighted by Gasteiger charge is 2.21. The molecule has 0 radical (unpaired) electrons. The van der Waals surface area contributed by atoms with Gasteiger partial charge in [0.2, 0.25) is 5.91 Å². The van der Waals surface area contributed by atoms with E-state index in [4.69, 9.17) is 9.47 Å². The second-order valence-corrected chi connectivity index (χ2v) is 4.10. The lowest BCUT2D eigenvalue weighted by molar-refractivity contribution is -0.127. The van der Waals surface area contributed by atoms with Crippen molar-refractivity contribution in [2.24, 2.45) is 0 Å². The van der Waals surface area contributed by atoms with Gasteiger partial charge in [-0.2, -0.15) is 0 Å². The Kier molecular flexibility index (Phi) is 6.37. The van der Waals surface area contributed by atoms with Crippen LogP contribution in [0.5, 0.6) is 0 Å². The number of nitrogens with one attached hydrogen (secondary N) is 2. The summed E-state index contributed by atoms with van der Waals surface area (Å²) in [7, 11) is 1.61. The van der Waals surface area contributed by atoms with Gasteiger partial charge in [0.25, 0.3) is 0 Å². The summed E-state index contributed by atoms with van der Waals surface area (Å²) in [6.45, 7) is 4.23. The van der Waals surface area contributed by atoms with Crippen LogP contribution in [0.15, 0.2) is 0 Å². The summed E-state index contributed by atoms with van der Waals surface area (Å²) >= 11 is 0. The van der Waals surface area contributed by atoms with E-state index in [0.29, 0.717) is 19.3 Å². The second kappa shape index (κ2) is 7.60. The van der Waals surface area contributed by atoms with Gasteiger partial charge in [0.1, 0.15) is 6.61 Å². The lowest BCUT2D eigenvalue weighted by Crippen LogP contribution is -2.52. The van der Waals surface area contributed by atoms with Gasteiger partial charge in [0.15, 0.2) is 0 Å². The molecule has 1 fully saturated rings. The summed E-state index contributed by atoms with van der Waals surface area (Å²) in [6.07, 6.45) is 2.15. The van der Waals surface area contributed by atoms with Gasteiger partial charge in [-0.15, -0.1) is 0 Å². The molecule has 1 amide bonds. The third-order valence-corrected chi connectivity index (χ3v) is 2.77. The van der Waals surface area contributed by atoms with E-state index in [0.717, 1.165) is 19.4 Å². The zero-order valence-corrected chi connectivity index (χ0v) is 10.1. The molecule has 0 aromatic rings. The van der Waals surface area contributed by atoms with Crippen LogP contribution in [-0.4, -0.2) is 51.5 Å². The van der Waals surface area contributed by atoms with E-state index in [1.807, 2.05) is 0 Å². The molecule has 94 valence electrons. The first-order chi connectivity index (χ1) is 7.74. The quantitative estimate of drug-likeness (QED) is 0.626. The van der Waals surface area contributed by atoms with E-state index in [1.54, 1.807) is 7.11 Å². The van der Waals surface area contributed by atoms with Gasteiger partial charge >= 0.3 is 0 Å². The summed E-state index contributed by atoms with van der Waals surface area (Å²) in [5.74, 6) is -0.0448. The Morgan fingerprint density at radius 1 is 1.50 bits per heavy atom. The third-order valence-electron chi connectivity index (χ3n) is 2.77. The average Bonchev–Trinajstić information content (AvgIpc) is 2.28. The van der Waals surface area contributed by atoms with Crippen molar-refractivity contribution in [2.45, 2.75) is 31.8 Å². The van der Waals surface area contributed by atoms with Crippen LogP contribution in [0.2, 0.25) is 0 Å². The van der Waals surface area contributed by atoms with Gasteiger partial charge in [-0.1, -0.05) is 0 Å². The largest absolute Gasteiger partial charge is 0.382 e. The van der Waals surface area contributed by atoms with Crippen LogP contribution in [0.3, 0.4) is 0 Å². The molecule has 0 bridgehead atoms. The topological polar surface area (TPSA) is 59.6 Å². The molecule has 5 heteroatoms. The minimum absolute atomic E-state index is 0.0448. The summed E-state index contributed by atoms with van der Waals surface area (Å²) < 4.78 is 9.98. The van der Waals surface area contributed by atoms with Crippen LogP contribution >= 0.6 is 0 Å². The van der Waals surface area contributed by atoms with Crippen LogP contribution in [0.25, 0.3) is 0 Å². The van der Waals surface area contributed by atoms with Crippen molar-refractivity contribution in [1.29, 1.82) is 0 Å². The van der Waals surface area contributed by atoms with Crippen molar-refractivity contribution in [3.05, 3.63) is 0 Å². The number of carbonyl (C=O) groups is 1. The number of piperidine rings is 1. The highest BCUT2D eigenvalue weighted by Crippen LogP contribution is 2.07. The number of rotatable bonds is 6. The van der Waals surface area contributed by atoms with E-state index in [2.05, 4.69) is 17.6 Å². The second-order valence-electron chi connectivity index (χ2n) is 4.10. The molecule has 1 aliphatic heterocycles. The molecule has 0 aromatic carbocycles. The van der Waals surface area contributed by atoms with Crippen LogP contribution in [-0.2, 0) is 14.3 Å². The van der Waals surface area contributed by atoms with E-state index in [1.165, 1.54) is 0 Å². The van der Waals surface area contributed by atoms with Gasteiger partial charge in [-0.25, -0.2) is 0 Å². The first-order valence-corrected chi connectivity index (χ1v) is 5.83. The van der Waals surface area contributed by atoms with E-state index in [-0.39, 0.29) is 18.6 Å². The number of hydrogen-bond donors (Lipinski definition) is 2. The summed E-state index contributed by atoms with van der Waals surface area (Å²) in [5.41, 5.74) is 0. The molecule has 2 N–H and O–H groups in total. The normalized spacial score (nSPS) is 25.4. The number of ether oxygens (including phenoxy) is 2. The molecule has 5 nitrogen and oxygen atoms in total. The van der Waals surface area contributed by atoms with E-state index < -0.39 is 0 Å². The van der Waals surface area contributed by atoms with Crippen LogP contribution < -0.4 is 10.6 Å². The molecule has 0 saturated carbocycles. The molecule has 2 unspecified atom stereocenters. The fourth-order valence-electron chi connectivity index (χ4n) is 1.80. The minimum Gasteiger partial charge on any atom is -0.382 e. The Labute approximate surface area is 96.9 Å². The van der Waals surface area contributed by atoms with Crippen molar-refractivity contribution in [3.63, 3.8) is 0 Å². The standard InChI is InChI=1S/C11H22N2O3/c1-9-10(4-3-5-12-9)13-11(14)8-16-7-6-15-2/h9-10,12H,3-8H2,1-2H3,(H,13,14). The molecule has 1 aliphatic rings. The first-order valence-electron chi connectivity index (χ1n) is 5.83. The molecule has 0 aliphatic carbocycles. The van der Waals surface area contributed by atoms with Gasteiger partial charge in [0.05, 0.1) is 13.2 Å². The van der Waals surface area contributed by atoms with Gasteiger partial charge in [-0.05, 0) is 26.3 Å². The summed E-state index contributed by atoms with van der Waals surface area (Å²) in [5, 5.41) is 6.32. The first kappa shape index (κ1) is 13.4. The highest BCUT2D eigenvalue weighted by atomic mass is 16.5. The predicted molar refractivity (Wildman–Crippen MR) is 61.3 cm³/mol. The molecule has 0 spiro atoms. The van der Waals surface area contributed by atoms with Gasteiger partial charge in [0, 0.05) is 19.2 Å². The van der Waals surface area contributed by atoms with Crippen molar-refractivity contribution in [2.75, 3.05) is 33.5 Å². The molecule has 1 rings (SSSR count). The number of hydrogen-bond acceptors (Lipinski definition) is 4. The van der Waals surface area contributed by atoms with Gasteiger partial charge in [-0.3, -0.25) is 4.79 Å². The Morgan fingerprint density at radius 2 is 2.31 bits per heavy atom. The molecule has 16 heavy (non-hydrogen) atoms. The SMILES string of the molecule is COCCOCC(=O)NC1CCCNC1C. The molecular formula is C11H22N2O3. The molecular weight excluding hydrogens is 208 g/mol. The maximum Gasteiger partial charge on any atom is 0.246 e. The van der Waals surface area contributed by atoms with Crippen LogP contribution in [0.4, 0.5) is 0 Å². The minimum atomic E-state index is -0.0448. The Hall–Kier alpha value is -0.650. The zero-order valence-electron chi connectivity index (χ0n) is 10.1. The van der Waals surface area contributed by atoms with Crippen molar-refractivity contribution < 1.29 is 14.3 Å². The average molecular weight is 230 g/mol. The lowest BCUT2D eigenvalue weighted by Gasteiger charge is -2.30. The Balaban J connectivity index is 2.12. The van der Waals surface area contributed by atoms with Crippen LogP contribution in [0, 0.1) is 0 Å². The van der Waals surface area contributed by atoms with Crippen LogP contribution in [0.1, 0.15) is 19.8 Å². The number of carbonyl (C=O) groups excluding carboxylic acids is 1. The lowest BCUT2D eigenvalue weighted by atomic mass is 10.00. The van der Waals surface area contributed by atoms with E-state index in [9.17, 15) is 4.79 Å². The smallest absolute Gasteiger partial charge is 0.246 e. The predicted octanol–water partition coefficient (Wildman–Crippen LogP) is -0.0939. The Morgan fingerprint density at radius 3 is 3.00 bits per heavy atom. The fraction of sp³-hybridized carbons (Fsp3) is 0.909. The maximum absolute atomic E-state index is 11.5. The Bertz CT molecular complexity index is 211. The molecule has 1 heterocycles. The van der Waals surface area contributed by atoms with Crippen molar-refractivity contribution >= 4 is 5.91 Å². The summed E-state index contributed by atoms with van der Waals surface area (Å²) in [6, 6.07) is 0.573. The monoisotopic (exact) mass is 230 g/mol. The van der Waals surface area contributed by atoms with Crippen molar-refractivity contribution in [1.82, 2.24) is 10.6 Å².